The Bertz CT molecular complexity index is 2960. The first kappa shape index (κ1) is 28.4. The summed E-state index contributed by atoms with van der Waals surface area (Å²) in [6, 6.07) is 60.7. The molecule has 0 bridgehead atoms. The fourth-order valence-corrected chi connectivity index (χ4v) is 8.95. The maximum absolute atomic E-state index is 6.23. The number of para-hydroxylation sites is 1. The number of furan rings is 1. The molecule has 0 unspecified atom stereocenters. The van der Waals surface area contributed by atoms with Gasteiger partial charge in [-0.15, -0.1) is 11.3 Å². The third-order valence-corrected chi connectivity index (χ3v) is 11.4. The average molecular weight is 669 g/mol. The van der Waals surface area contributed by atoms with E-state index in [9.17, 15) is 0 Å². The maximum atomic E-state index is 6.23. The van der Waals surface area contributed by atoms with E-state index in [2.05, 4.69) is 163 Å². The van der Waals surface area contributed by atoms with Crippen LogP contribution in [-0.4, -0.2) is 4.98 Å². The van der Waals surface area contributed by atoms with Gasteiger partial charge in [0, 0.05) is 49.9 Å². The molecule has 4 heteroatoms. The number of benzene rings is 8. The molecule has 0 amide bonds. The number of nitrogens with zero attached hydrogens (tertiary/aromatic N) is 2. The Hall–Kier alpha value is -6.49. The largest absolute Gasteiger partial charge is 0.456 e. The van der Waals surface area contributed by atoms with Gasteiger partial charge in [0.25, 0.3) is 0 Å². The Labute approximate surface area is 298 Å². The van der Waals surface area contributed by atoms with Gasteiger partial charge in [0.2, 0.25) is 0 Å². The Kier molecular flexibility index (Phi) is 6.12. The summed E-state index contributed by atoms with van der Waals surface area (Å²) in [5.41, 5.74) is 12.2. The number of hydrogen-bond acceptors (Lipinski definition) is 4. The second kappa shape index (κ2) is 11.0. The standard InChI is InChI=1S/C47H28N2OS/c1-3-10-29(11-4-1)30-18-21-33(22-19-30)49(35-24-25-43-40(28-35)36-14-7-8-17-42(36)50-43)34-23-20-32-26-41-44-37(39(32)27-34)15-9-16-38(44)46-45(41)48-47(51-46)31-12-5-2-6-13-31/h1-28H. The van der Waals surface area contributed by atoms with Gasteiger partial charge in [-0.05, 0) is 81.9 Å². The summed E-state index contributed by atoms with van der Waals surface area (Å²) in [6.45, 7) is 0. The van der Waals surface area contributed by atoms with Gasteiger partial charge in [-0.3, -0.25) is 0 Å². The predicted molar refractivity (Wildman–Crippen MR) is 214 cm³/mol. The lowest BCUT2D eigenvalue weighted by atomic mass is 9.96. The van der Waals surface area contributed by atoms with Crippen molar-refractivity contribution in [1.29, 1.82) is 0 Å². The summed E-state index contributed by atoms with van der Waals surface area (Å²) in [5, 5.41) is 8.27. The summed E-state index contributed by atoms with van der Waals surface area (Å²) in [4.78, 5) is 8.83. The summed E-state index contributed by atoms with van der Waals surface area (Å²) >= 11 is 1.79. The minimum Gasteiger partial charge on any atom is -0.456 e. The van der Waals surface area contributed by atoms with E-state index in [1.54, 1.807) is 11.3 Å². The van der Waals surface area contributed by atoms with Crippen molar-refractivity contribution in [2.45, 2.75) is 0 Å². The zero-order valence-corrected chi connectivity index (χ0v) is 28.2. The molecule has 1 aliphatic rings. The van der Waals surface area contributed by atoms with Crippen LogP contribution in [0.1, 0.15) is 0 Å². The number of hydrogen-bond donors (Lipinski definition) is 0. The zero-order valence-electron chi connectivity index (χ0n) is 27.4. The van der Waals surface area contributed by atoms with E-state index >= 15 is 0 Å². The number of fused-ring (bicyclic) bond motifs is 8. The highest BCUT2D eigenvalue weighted by Gasteiger charge is 2.28. The molecule has 0 N–H and O–H groups in total. The lowest BCUT2D eigenvalue weighted by Gasteiger charge is -2.26. The SMILES string of the molecule is c1ccc(-c2ccc(N(c3ccc4cc5c6c(cccc6c4c3)-c3sc(-c4ccccc4)nc3-5)c3ccc4oc5ccccc5c4c3)cc2)cc1. The van der Waals surface area contributed by atoms with Crippen molar-refractivity contribution < 1.29 is 4.42 Å². The summed E-state index contributed by atoms with van der Waals surface area (Å²) in [7, 11) is 0. The molecule has 51 heavy (non-hydrogen) atoms. The van der Waals surface area contributed by atoms with Crippen LogP contribution in [-0.2, 0) is 0 Å². The summed E-state index contributed by atoms with van der Waals surface area (Å²) < 4.78 is 6.23. The van der Waals surface area contributed by atoms with Crippen LogP contribution in [0.2, 0.25) is 0 Å². The minimum absolute atomic E-state index is 0.888. The molecule has 11 rings (SSSR count). The van der Waals surface area contributed by atoms with Gasteiger partial charge < -0.3 is 9.32 Å². The molecular weight excluding hydrogens is 641 g/mol. The van der Waals surface area contributed by atoms with E-state index in [1.807, 2.05) is 12.1 Å². The molecule has 0 saturated carbocycles. The Morgan fingerprint density at radius 2 is 1.10 bits per heavy atom. The van der Waals surface area contributed by atoms with E-state index in [0.29, 0.717) is 0 Å². The van der Waals surface area contributed by atoms with Gasteiger partial charge in [0.15, 0.2) is 0 Å². The molecule has 0 aliphatic heterocycles. The molecule has 238 valence electrons. The quantitative estimate of drug-likeness (QED) is 0.171. The number of anilines is 3. The van der Waals surface area contributed by atoms with Crippen LogP contribution < -0.4 is 4.90 Å². The van der Waals surface area contributed by atoms with Crippen molar-refractivity contribution in [3.63, 3.8) is 0 Å². The van der Waals surface area contributed by atoms with Gasteiger partial charge in [0.1, 0.15) is 16.2 Å². The normalized spacial score (nSPS) is 11.9. The highest BCUT2D eigenvalue weighted by atomic mass is 32.1. The van der Waals surface area contributed by atoms with Gasteiger partial charge in [0.05, 0.1) is 10.6 Å². The van der Waals surface area contributed by atoms with Crippen molar-refractivity contribution in [3.8, 4) is 43.4 Å². The van der Waals surface area contributed by atoms with Crippen LogP contribution in [0.25, 0.3) is 86.9 Å². The first-order valence-corrected chi connectivity index (χ1v) is 18.0. The molecule has 0 radical (unpaired) electrons. The van der Waals surface area contributed by atoms with E-state index in [0.717, 1.165) is 55.3 Å². The van der Waals surface area contributed by atoms with Crippen LogP contribution in [0, 0.1) is 0 Å². The summed E-state index contributed by atoms with van der Waals surface area (Å²) in [6.07, 6.45) is 0. The molecule has 2 aromatic heterocycles. The Balaban J connectivity index is 1.09. The van der Waals surface area contributed by atoms with E-state index in [4.69, 9.17) is 9.40 Å². The second-order valence-electron chi connectivity index (χ2n) is 13.1. The smallest absolute Gasteiger partial charge is 0.135 e. The lowest BCUT2D eigenvalue weighted by molar-refractivity contribution is 0.669. The van der Waals surface area contributed by atoms with Gasteiger partial charge >= 0.3 is 0 Å². The number of thiazole rings is 1. The maximum Gasteiger partial charge on any atom is 0.135 e. The van der Waals surface area contributed by atoms with Crippen LogP contribution in [0.4, 0.5) is 17.1 Å². The summed E-state index contributed by atoms with van der Waals surface area (Å²) in [5.74, 6) is 0. The van der Waals surface area contributed by atoms with E-state index in [-0.39, 0.29) is 0 Å². The topological polar surface area (TPSA) is 29.3 Å². The molecular formula is C47H28N2OS. The van der Waals surface area contributed by atoms with Crippen LogP contribution in [0.3, 0.4) is 0 Å². The van der Waals surface area contributed by atoms with Crippen LogP contribution in [0.5, 0.6) is 0 Å². The predicted octanol–water partition coefficient (Wildman–Crippen LogP) is 13.8. The highest BCUT2D eigenvalue weighted by Crippen LogP contribution is 2.53. The first-order chi connectivity index (χ1) is 25.3. The van der Waals surface area contributed by atoms with Crippen molar-refractivity contribution in [1.82, 2.24) is 4.98 Å². The molecule has 8 aromatic carbocycles. The van der Waals surface area contributed by atoms with Gasteiger partial charge in [-0.25, -0.2) is 4.98 Å². The fraction of sp³-hybridized carbons (Fsp3) is 0. The first-order valence-electron chi connectivity index (χ1n) is 17.2. The minimum atomic E-state index is 0.888. The van der Waals surface area contributed by atoms with Crippen LogP contribution in [0.15, 0.2) is 174 Å². The molecule has 0 atom stereocenters. The fourth-order valence-electron chi connectivity index (χ4n) is 7.84. The molecule has 3 nitrogen and oxygen atoms in total. The lowest BCUT2D eigenvalue weighted by Crippen LogP contribution is -2.09. The number of rotatable bonds is 5. The molecule has 1 aliphatic carbocycles. The number of aromatic nitrogens is 1. The third kappa shape index (κ3) is 4.40. The van der Waals surface area contributed by atoms with Crippen molar-refractivity contribution in [2.24, 2.45) is 0 Å². The van der Waals surface area contributed by atoms with Crippen LogP contribution >= 0.6 is 11.3 Å². The Morgan fingerprint density at radius 1 is 0.451 bits per heavy atom. The average Bonchev–Trinajstić information content (AvgIpc) is 3.88. The monoisotopic (exact) mass is 668 g/mol. The third-order valence-electron chi connectivity index (χ3n) is 10.2. The zero-order chi connectivity index (χ0) is 33.5. The van der Waals surface area contributed by atoms with Crippen molar-refractivity contribution in [3.05, 3.63) is 170 Å². The molecule has 0 fully saturated rings. The van der Waals surface area contributed by atoms with Crippen molar-refractivity contribution in [2.75, 3.05) is 4.90 Å². The van der Waals surface area contributed by atoms with Crippen molar-refractivity contribution >= 4 is 71.9 Å². The van der Waals surface area contributed by atoms with Gasteiger partial charge in [-0.2, -0.15) is 0 Å². The van der Waals surface area contributed by atoms with Gasteiger partial charge in [-0.1, -0.05) is 115 Å². The Morgan fingerprint density at radius 3 is 1.92 bits per heavy atom. The van der Waals surface area contributed by atoms with E-state index < -0.39 is 0 Å². The van der Waals surface area contributed by atoms with E-state index in [1.165, 1.54) is 48.7 Å². The molecule has 2 heterocycles. The highest BCUT2D eigenvalue weighted by molar-refractivity contribution is 7.19. The second-order valence-corrected chi connectivity index (χ2v) is 14.1. The molecule has 0 saturated heterocycles. The molecule has 0 spiro atoms. The molecule has 10 aromatic rings.